The summed E-state index contributed by atoms with van der Waals surface area (Å²) >= 11 is 0. The van der Waals surface area contributed by atoms with Crippen molar-refractivity contribution in [1.82, 2.24) is 9.78 Å². The third kappa shape index (κ3) is 3.51. The number of aromatic nitrogens is 2. The normalized spacial score (nSPS) is 10.4. The van der Waals surface area contributed by atoms with Gasteiger partial charge in [0.15, 0.2) is 0 Å². The van der Waals surface area contributed by atoms with Crippen LogP contribution in [0.4, 0.5) is 5.69 Å². The van der Waals surface area contributed by atoms with E-state index >= 15 is 0 Å². The van der Waals surface area contributed by atoms with Gasteiger partial charge in [0.2, 0.25) is 5.91 Å². The van der Waals surface area contributed by atoms with Crippen molar-refractivity contribution >= 4 is 22.4 Å². The van der Waals surface area contributed by atoms with Gasteiger partial charge in [-0.25, -0.2) is 4.68 Å². The summed E-state index contributed by atoms with van der Waals surface area (Å²) in [7, 11) is 0. The molecule has 0 aliphatic carbocycles. The van der Waals surface area contributed by atoms with E-state index in [4.69, 9.17) is 6.42 Å². The van der Waals surface area contributed by atoms with Crippen molar-refractivity contribution in [1.29, 1.82) is 0 Å². The first-order valence-electron chi connectivity index (χ1n) is 7.67. The topological polar surface area (TPSA) is 84.0 Å². The Bertz CT molecular complexity index is 1100. The van der Waals surface area contributed by atoms with Crippen LogP contribution < -0.4 is 16.4 Å². The summed E-state index contributed by atoms with van der Waals surface area (Å²) in [5, 5.41) is 5.87. The van der Waals surface area contributed by atoms with Crippen LogP contribution in [0.25, 0.3) is 10.8 Å². The van der Waals surface area contributed by atoms with Crippen LogP contribution in [-0.2, 0) is 11.3 Å². The van der Waals surface area contributed by atoms with Gasteiger partial charge in [-0.3, -0.25) is 19.5 Å². The van der Waals surface area contributed by atoms with E-state index in [0.717, 1.165) is 4.68 Å². The van der Waals surface area contributed by atoms with Gasteiger partial charge in [0.25, 0.3) is 11.1 Å². The molecule has 3 aromatic rings. The molecule has 1 amide bonds. The number of fused-ring (bicyclic) bond motifs is 1. The highest BCUT2D eigenvalue weighted by molar-refractivity contribution is 5.90. The molecule has 6 heteroatoms. The van der Waals surface area contributed by atoms with Crippen LogP contribution in [0.5, 0.6) is 0 Å². The van der Waals surface area contributed by atoms with Crippen molar-refractivity contribution in [2.24, 2.45) is 0 Å². The van der Waals surface area contributed by atoms with E-state index in [9.17, 15) is 14.4 Å². The van der Waals surface area contributed by atoms with Gasteiger partial charge in [0.05, 0.1) is 17.3 Å². The highest BCUT2D eigenvalue weighted by atomic mass is 16.2. The number of nitrogens with one attached hydrogen (secondary N) is 2. The number of carbonyl (C=O) groups excluding carboxylic acids is 1. The molecule has 0 spiro atoms. The molecule has 2 N–H and O–H groups in total. The van der Waals surface area contributed by atoms with Gasteiger partial charge in [-0.15, -0.1) is 6.42 Å². The van der Waals surface area contributed by atoms with E-state index in [1.54, 1.807) is 48.5 Å². The number of rotatable bonds is 4. The fraction of sp³-hybridized carbons (Fsp3) is 0.105. The minimum absolute atomic E-state index is 0.0362. The van der Waals surface area contributed by atoms with E-state index in [1.165, 1.54) is 0 Å². The van der Waals surface area contributed by atoms with Gasteiger partial charge in [-0.1, -0.05) is 24.1 Å². The summed E-state index contributed by atoms with van der Waals surface area (Å²) in [5.74, 6) is 2.21. The highest BCUT2D eigenvalue weighted by Crippen LogP contribution is 2.10. The summed E-state index contributed by atoms with van der Waals surface area (Å²) in [6.07, 6.45) is 5.36. The summed E-state index contributed by atoms with van der Waals surface area (Å²) < 4.78 is 1.15. The second-order valence-corrected chi connectivity index (χ2v) is 5.47. The molecule has 0 saturated heterocycles. The first-order valence-corrected chi connectivity index (χ1v) is 7.67. The SMILES string of the molecule is C#Cc1cccc(NC(=O)CCn2[nH]c(=O)c3ccccc3c2=O)c1. The average molecular weight is 333 g/mol. The van der Waals surface area contributed by atoms with Crippen LogP contribution in [0.15, 0.2) is 58.1 Å². The van der Waals surface area contributed by atoms with Crippen LogP contribution in [-0.4, -0.2) is 15.7 Å². The summed E-state index contributed by atoms with van der Waals surface area (Å²) in [6.45, 7) is 0.0690. The lowest BCUT2D eigenvalue weighted by Crippen LogP contribution is -2.31. The van der Waals surface area contributed by atoms with Gasteiger partial charge in [0, 0.05) is 17.7 Å². The molecular weight excluding hydrogens is 318 g/mol. The van der Waals surface area contributed by atoms with E-state index in [-0.39, 0.29) is 30.0 Å². The molecule has 0 aliphatic rings. The fourth-order valence-corrected chi connectivity index (χ4v) is 2.53. The Morgan fingerprint density at radius 1 is 1.12 bits per heavy atom. The van der Waals surface area contributed by atoms with Gasteiger partial charge in [0.1, 0.15) is 0 Å². The Balaban J connectivity index is 1.75. The van der Waals surface area contributed by atoms with Crippen molar-refractivity contribution in [2.75, 3.05) is 5.32 Å². The van der Waals surface area contributed by atoms with Crippen LogP contribution >= 0.6 is 0 Å². The van der Waals surface area contributed by atoms with E-state index in [1.807, 2.05) is 0 Å². The van der Waals surface area contributed by atoms with Crippen molar-refractivity contribution in [3.63, 3.8) is 0 Å². The fourth-order valence-electron chi connectivity index (χ4n) is 2.53. The number of hydrogen-bond acceptors (Lipinski definition) is 3. The number of aromatic amines is 1. The molecule has 0 radical (unpaired) electrons. The van der Waals surface area contributed by atoms with Crippen molar-refractivity contribution in [3.8, 4) is 12.3 Å². The zero-order valence-electron chi connectivity index (χ0n) is 13.3. The Morgan fingerprint density at radius 2 is 1.88 bits per heavy atom. The number of nitrogens with zero attached hydrogens (tertiary/aromatic N) is 1. The van der Waals surface area contributed by atoms with Crippen molar-refractivity contribution in [2.45, 2.75) is 13.0 Å². The molecule has 0 atom stereocenters. The summed E-state index contributed by atoms with van der Waals surface area (Å²) in [6, 6.07) is 13.5. The number of amides is 1. The van der Waals surface area contributed by atoms with Gasteiger partial charge >= 0.3 is 0 Å². The molecule has 0 fully saturated rings. The molecular formula is C19H15N3O3. The number of H-pyrrole nitrogens is 1. The van der Waals surface area contributed by atoms with Crippen LogP contribution in [0.1, 0.15) is 12.0 Å². The zero-order chi connectivity index (χ0) is 17.8. The number of aryl methyl sites for hydroxylation is 1. The molecule has 0 saturated carbocycles. The Hall–Kier alpha value is -3.59. The van der Waals surface area contributed by atoms with Crippen LogP contribution in [0.3, 0.4) is 0 Å². The predicted molar refractivity (Wildman–Crippen MR) is 96.5 cm³/mol. The zero-order valence-corrected chi connectivity index (χ0v) is 13.3. The molecule has 124 valence electrons. The largest absolute Gasteiger partial charge is 0.326 e. The minimum atomic E-state index is -0.364. The molecule has 6 nitrogen and oxygen atoms in total. The standard InChI is InChI=1S/C19H15N3O3/c1-2-13-6-5-7-14(12-13)20-17(23)10-11-22-19(25)16-9-4-3-8-15(16)18(24)21-22/h1,3-9,12H,10-11H2,(H,20,23)(H,21,24). The van der Waals surface area contributed by atoms with Crippen molar-refractivity contribution in [3.05, 3.63) is 74.8 Å². The minimum Gasteiger partial charge on any atom is -0.326 e. The summed E-state index contributed by atoms with van der Waals surface area (Å²) in [4.78, 5) is 36.5. The van der Waals surface area contributed by atoms with Gasteiger partial charge < -0.3 is 5.32 Å². The molecule has 3 rings (SSSR count). The first-order chi connectivity index (χ1) is 12.1. The van der Waals surface area contributed by atoms with Crippen molar-refractivity contribution < 1.29 is 4.79 Å². The lowest BCUT2D eigenvalue weighted by Gasteiger charge is -2.08. The average Bonchev–Trinajstić information content (AvgIpc) is 2.63. The summed E-state index contributed by atoms with van der Waals surface area (Å²) in [5.41, 5.74) is 0.544. The van der Waals surface area contributed by atoms with Gasteiger partial charge in [-0.2, -0.15) is 0 Å². The maximum Gasteiger partial charge on any atom is 0.273 e. The molecule has 2 aromatic carbocycles. The monoisotopic (exact) mass is 333 g/mol. The number of benzene rings is 2. The molecule has 0 bridgehead atoms. The van der Waals surface area contributed by atoms with Crippen LogP contribution in [0.2, 0.25) is 0 Å². The predicted octanol–water partition coefficient (Wildman–Crippen LogP) is 1.70. The number of hydrogen-bond donors (Lipinski definition) is 2. The second-order valence-electron chi connectivity index (χ2n) is 5.47. The maximum atomic E-state index is 12.4. The lowest BCUT2D eigenvalue weighted by atomic mass is 10.2. The number of anilines is 1. The Kier molecular flexibility index (Phi) is 4.48. The first kappa shape index (κ1) is 16.3. The smallest absolute Gasteiger partial charge is 0.273 e. The molecule has 0 aliphatic heterocycles. The number of terminal acetylenes is 1. The highest BCUT2D eigenvalue weighted by Gasteiger charge is 2.09. The molecule has 1 heterocycles. The molecule has 25 heavy (non-hydrogen) atoms. The third-order valence-electron chi connectivity index (χ3n) is 3.76. The second kappa shape index (κ2) is 6.89. The Morgan fingerprint density at radius 3 is 2.64 bits per heavy atom. The third-order valence-corrected chi connectivity index (χ3v) is 3.76. The molecule has 1 aromatic heterocycles. The van der Waals surface area contributed by atoms with Crippen LogP contribution in [0, 0.1) is 12.3 Å². The quantitative estimate of drug-likeness (QED) is 0.713. The van der Waals surface area contributed by atoms with E-state index < -0.39 is 0 Å². The van der Waals surface area contributed by atoms with Gasteiger partial charge in [-0.05, 0) is 30.3 Å². The maximum absolute atomic E-state index is 12.4. The van der Waals surface area contributed by atoms with E-state index in [2.05, 4.69) is 16.3 Å². The van der Waals surface area contributed by atoms with E-state index in [0.29, 0.717) is 22.0 Å². The Labute approximate surface area is 143 Å². The molecule has 0 unspecified atom stereocenters. The number of carbonyl (C=O) groups is 1. The lowest BCUT2D eigenvalue weighted by molar-refractivity contribution is -0.116.